The first-order chi connectivity index (χ1) is 14.6. The van der Waals surface area contributed by atoms with Gasteiger partial charge in [0, 0.05) is 19.4 Å². The van der Waals surface area contributed by atoms with Gasteiger partial charge in [0.1, 0.15) is 5.78 Å². The van der Waals surface area contributed by atoms with Gasteiger partial charge in [-0.15, -0.1) is 0 Å². The predicted octanol–water partition coefficient (Wildman–Crippen LogP) is 5.75. The first-order valence-corrected chi connectivity index (χ1v) is 12.0. The summed E-state index contributed by atoms with van der Waals surface area (Å²) in [5, 5.41) is 0. The highest BCUT2D eigenvalue weighted by Crippen LogP contribution is 2.32. The van der Waals surface area contributed by atoms with Crippen LogP contribution >= 0.6 is 0 Å². The Morgan fingerprint density at radius 3 is 1.97 bits per heavy atom. The zero-order valence-corrected chi connectivity index (χ0v) is 22.0. The number of hydrogen-bond donors (Lipinski definition) is 0. The fourth-order valence-corrected chi connectivity index (χ4v) is 4.07. The minimum absolute atomic E-state index is 0.101. The van der Waals surface area contributed by atoms with E-state index in [2.05, 4.69) is 20.8 Å². The fourth-order valence-electron chi connectivity index (χ4n) is 4.07. The van der Waals surface area contributed by atoms with Crippen LogP contribution in [0.5, 0.6) is 0 Å². The molecular formula is C26H48O6. The van der Waals surface area contributed by atoms with Gasteiger partial charge in [-0.05, 0) is 62.7 Å². The van der Waals surface area contributed by atoms with Gasteiger partial charge >= 0.3 is 11.9 Å². The van der Waals surface area contributed by atoms with Crippen LogP contribution in [0.15, 0.2) is 0 Å². The Morgan fingerprint density at radius 1 is 0.812 bits per heavy atom. The van der Waals surface area contributed by atoms with Gasteiger partial charge in [-0.2, -0.15) is 0 Å². The second-order valence-electron chi connectivity index (χ2n) is 11.4. The number of ether oxygens (including phenoxy) is 3. The highest BCUT2D eigenvalue weighted by molar-refractivity contribution is 5.75. The molecule has 2 unspecified atom stereocenters. The Labute approximate surface area is 196 Å². The summed E-state index contributed by atoms with van der Waals surface area (Å²) >= 11 is 0. The van der Waals surface area contributed by atoms with E-state index in [0.29, 0.717) is 44.8 Å². The molecule has 0 saturated carbocycles. The lowest BCUT2D eigenvalue weighted by Gasteiger charge is -2.30. The molecule has 188 valence electrons. The molecule has 0 radical (unpaired) electrons. The Hall–Kier alpha value is -1.43. The smallest absolute Gasteiger partial charge is 0.306 e. The molecule has 0 aliphatic carbocycles. The third kappa shape index (κ3) is 17.2. The van der Waals surface area contributed by atoms with Crippen molar-refractivity contribution in [3.63, 3.8) is 0 Å². The molecule has 0 aromatic rings. The van der Waals surface area contributed by atoms with Crippen LogP contribution in [0.1, 0.15) is 101 Å². The van der Waals surface area contributed by atoms with E-state index in [1.165, 1.54) is 6.92 Å². The molecule has 0 rings (SSSR count). The van der Waals surface area contributed by atoms with Gasteiger partial charge in [-0.3, -0.25) is 9.59 Å². The van der Waals surface area contributed by atoms with Gasteiger partial charge < -0.3 is 19.0 Å². The Bertz CT molecular complexity index is 579. The maximum Gasteiger partial charge on any atom is 0.306 e. The van der Waals surface area contributed by atoms with Crippen LogP contribution < -0.4 is 0 Å². The van der Waals surface area contributed by atoms with Crippen LogP contribution in [0.4, 0.5) is 0 Å². The standard InChI is InChI=1S/C26H48O6/c1-19(2)31-17-21(4)15-25(6,7)16-24(29)32-18-26(8,9)14-20(3)13-23(28)30-12-10-11-22(5)27/h19-21H,10-18H2,1-9H3. The van der Waals surface area contributed by atoms with Crippen molar-refractivity contribution in [2.45, 2.75) is 107 Å². The molecule has 0 N–H and O–H groups in total. The van der Waals surface area contributed by atoms with E-state index in [9.17, 15) is 14.4 Å². The van der Waals surface area contributed by atoms with Crippen molar-refractivity contribution in [2.75, 3.05) is 19.8 Å². The topological polar surface area (TPSA) is 78.9 Å². The van der Waals surface area contributed by atoms with E-state index in [4.69, 9.17) is 14.2 Å². The second-order valence-corrected chi connectivity index (χ2v) is 11.4. The molecule has 6 heteroatoms. The molecule has 0 heterocycles. The van der Waals surface area contributed by atoms with Gasteiger partial charge in [-0.25, -0.2) is 0 Å². The lowest BCUT2D eigenvalue weighted by Crippen LogP contribution is -2.28. The molecule has 6 nitrogen and oxygen atoms in total. The molecule has 0 spiro atoms. The summed E-state index contributed by atoms with van der Waals surface area (Å²) in [6.45, 7) is 19.3. The van der Waals surface area contributed by atoms with Crippen molar-refractivity contribution >= 4 is 17.7 Å². The zero-order valence-electron chi connectivity index (χ0n) is 22.0. The molecule has 0 aromatic carbocycles. The minimum atomic E-state index is -0.244. The molecule has 0 bridgehead atoms. The summed E-state index contributed by atoms with van der Waals surface area (Å²) in [4.78, 5) is 35.4. The molecule has 0 saturated heterocycles. The van der Waals surface area contributed by atoms with E-state index in [1.54, 1.807) is 0 Å². The molecular weight excluding hydrogens is 408 g/mol. The van der Waals surface area contributed by atoms with E-state index < -0.39 is 0 Å². The number of carbonyl (C=O) groups excluding carboxylic acids is 3. The van der Waals surface area contributed by atoms with Gasteiger partial charge in [0.15, 0.2) is 0 Å². The highest BCUT2D eigenvalue weighted by atomic mass is 16.5. The number of Topliss-reactive ketones (excluding diaryl/α,β-unsaturated/α-hetero) is 1. The third-order valence-corrected chi connectivity index (χ3v) is 5.21. The highest BCUT2D eigenvalue weighted by Gasteiger charge is 2.28. The maximum atomic E-state index is 12.5. The number of ketones is 1. The van der Waals surface area contributed by atoms with E-state index >= 15 is 0 Å². The van der Waals surface area contributed by atoms with Gasteiger partial charge in [0.2, 0.25) is 0 Å². The summed E-state index contributed by atoms with van der Waals surface area (Å²) in [6.07, 6.45) is 3.54. The monoisotopic (exact) mass is 456 g/mol. The summed E-state index contributed by atoms with van der Waals surface area (Å²) < 4.78 is 16.5. The summed E-state index contributed by atoms with van der Waals surface area (Å²) in [5.41, 5.74) is -0.382. The number of carbonyl (C=O) groups is 3. The average molecular weight is 457 g/mol. The normalized spacial score (nSPS) is 14.2. The maximum absolute atomic E-state index is 12.5. The second kappa shape index (κ2) is 14.7. The lowest BCUT2D eigenvalue weighted by molar-refractivity contribution is -0.150. The van der Waals surface area contributed by atoms with Crippen molar-refractivity contribution < 1.29 is 28.6 Å². The Balaban J connectivity index is 4.32. The fraction of sp³-hybridized carbons (Fsp3) is 0.885. The molecule has 0 amide bonds. The van der Waals surface area contributed by atoms with Gasteiger partial charge in [0.05, 0.1) is 25.7 Å². The number of hydrogen-bond acceptors (Lipinski definition) is 6. The molecule has 0 fully saturated rings. The molecule has 32 heavy (non-hydrogen) atoms. The van der Waals surface area contributed by atoms with Crippen molar-refractivity contribution in [2.24, 2.45) is 22.7 Å². The lowest BCUT2D eigenvalue weighted by atomic mass is 9.80. The number of esters is 2. The molecule has 2 atom stereocenters. The number of rotatable bonds is 17. The van der Waals surface area contributed by atoms with Crippen LogP contribution in [0.2, 0.25) is 0 Å². The Kier molecular flexibility index (Phi) is 14.0. The van der Waals surface area contributed by atoms with Crippen molar-refractivity contribution in [1.82, 2.24) is 0 Å². The van der Waals surface area contributed by atoms with Gasteiger partial charge in [-0.1, -0.05) is 41.5 Å². The Morgan fingerprint density at radius 2 is 1.41 bits per heavy atom. The van der Waals surface area contributed by atoms with Crippen LogP contribution in [0.3, 0.4) is 0 Å². The van der Waals surface area contributed by atoms with Gasteiger partial charge in [0.25, 0.3) is 0 Å². The van der Waals surface area contributed by atoms with Crippen molar-refractivity contribution in [3.8, 4) is 0 Å². The summed E-state index contributed by atoms with van der Waals surface area (Å²) in [5.74, 6) is 0.162. The van der Waals surface area contributed by atoms with Crippen molar-refractivity contribution in [1.29, 1.82) is 0 Å². The predicted molar refractivity (Wildman–Crippen MR) is 127 cm³/mol. The van der Waals surface area contributed by atoms with Crippen LogP contribution in [0, 0.1) is 22.7 Å². The van der Waals surface area contributed by atoms with Crippen LogP contribution in [0.25, 0.3) is 0 Å². The van der Waals surface area contributed by atoms with E-state index in [0.717, 1.165) is 12.8 Å². The minimum Gasteiger partial charge on any atom is -0.466 e. The van der Waals surface area contributed by atoms with Crippen LogP contribution in [-0.2, 0) is 28.6 Å². The quantitative estimate of drug-likeness (QED) is 0.205. The molecule has 0 aromatic heterocycles. The third-order valence-electron chi connectivity index (χ3n) is 5.21. The molecule has 0 aliphatic rings. The first-order valence-electron chi connectivity index (χ1n) is 12.0. The van der Waals surface area contributed by atoms with Crippen molar-refractivity contribution in [3.05, 3.63) is 0 Å². The average Bonchev–Trinajstić information content (AvgIpc) is 2.60. The summed E-state index contributed by atoms with van der Waals surface area (Å²) in [7, 11) is 0. The zero-order chi connectivity index (χ0) is 24.9. The van der Waals surface area contributed by atoms with E-state index in [1.807, 2.05) is 34.6 Å². The van der Waals surface area contributed by atoms with E-state index in [-0.39, 0.29) is 47.2 Å². The SMILES string of the molecule is CC(=O)CCCOC(=O)CC(C)CC(C)(C)COC(=O)CC(C)(C)CC(C)COC(C)C. The first kappa shape index (κ1) is 30.6. The largest absolute Gasteiger partial charge is 0.466 e. The van der Waals surface area contributed by atoms with Crippen LogP contribution in [-0.4, -0.2) is 43.6 Å². The summed E-state index contributed by atoms with van der Waals surface area (Å²) in [6, 6.07) is 0. The molecule has 0 aliphatic heterocycles.